The van der Waals surface area contributed by atoms with Gasteiger partial charge in [-0.2, -0.15) is 0 Å². The Labute approximate surface area is 128 Å². The molecule has 5 nitrogen and oxygen atoms in total. The van der Waals surface area contributed by atoms with Crippen molar-refractivity contribution in [2.24, 2.45) is 0 Å². The average Bonchev–Trinajstić information content (AvgIpc) is 2.41. The first kappa shape index (κ1) is 16.8. The standard InChI is InChI=1S/C14H21BrN2O3/c1-5-20-14-11(15)6-10(7-12(14)19-4)8-16-9-13(18)17(2)3/h6-7,16H,5,8-9H2,1-4H3. The van der Waals surface area contributed by atoms with Gasteiger partial charge in [0.15, 0.2) is 11.5 Å². The van der Waals surface area contributed by atoms with Crippen molar-refractivity contribution in [3.05, 3.63) is 22.2 Å². The van der Waals surface area contributed by atoms with Crippen LogP contribution < -0.4 is 14.8 Å². The molecule has 0 aromatic heterocycles. The molecule has 0 aliphatic carbocycles. The Hall–Kier alpha value is -1.27. The van der Waals surface area contributed by atoms with Gasteiger partial charge in [0, 0.05) is 20.6 Å². The lowest BCUT2D eigenvalue weighted by Crippen LogP contribution is -2.32. The molecule has 6 heteroatoms. The lowest BCUT2D eigenvalue weighted by Gasteiger charge is -2.14. The van der Waals surface area contributed by atoms with E-state index in [1.165, 1.54) is 0 Å². The zero-order valence-electron chi connectivity index (χ0n) is 12.3. The van der Waals surface area contributed by atoms with E-state index < -0.39 is 0 Å². The fourth-order valence-corrected chi connectivity index (χ4v) is 2.24. The number of ether oxygens (including phenoxy) is 2. The summed E-state index contributed by atoms with van der Waals surface area (Å²) in [7, 11) is 5.08. The monoisotopic (exact) mass is 344 g/mol. The fraction of sp³-hybridized carbons (Fsp3) is 0.500. The van der Waals surface area contributed by atoms with E-state index in [1.807, 2.05) is 19.1 Å². The molecular weight excluding hydrogens is 324 g/mol. The predicted molar refractivity (Wildman–Crippen MR) is 82.3 cm³/mol. The summed E-state index contributed by atoms with van der Waals surface area (Å²) in [6.45, 7) is 3.39. The van der Waals surface area contributed by atoms with Crippen molar-refractivity contribution in [2.75, 3.05) is 34.4 Å². The smallest absolute Gasteiger partial charge is 0.236 e. The minimum absolute atomic E-state index is 0.0435. The average molecular weight is 345 g/mol. The van der Waals surface area contributed by atoms with Crippen LogP contribution in [0.1, 0.15) is 12.5 Å². The van der Waals surface area contributed by atoms with Gasteiger partial charge >= 0.3 is 0 Å². The molecule has 1 rings (SSSR count). The Balaban J connectivity index is 2.72. The van der Waals surface area contributed by atoms with Gasteiger partial charge in [-0.25, -0.2) is 0 Å². The summed E-state index contributed by atoms with van der Waals surface area (Å²) in [6, 6.07) is 3.86. The van der Waals surface area contributed by atoms with Gasteiger partial charge in [-0.05, 0) is 40.5 Å². The van der Waals surface area contributed by atoms with Crippen LogP contribution in [0.25, 0.3) is 0 Å². The summed E-state index contributed by atoms with van der Waals surface area (Å²) in [5.74, 6) is 1.42. The van der Waals surface area contributed by atoms with Crippen LogP contribution in [0.5, 0.6) is 11.5 Å². The first-order chi connectivity index (χ1) is 9.49. The van der Waals surface area contributed by atoms with Gasteiger partial charge < -0.3 is 19.7 Å². The zero-order valence-corrected chi connectivity index (χ0v) is 13.9. The summed E-state index contributed by atoms with van der Waals surface area (Å²) >= 11 is 3.48. The molecule has 0 spiro atoms. The second kappa shape index (κ2) is 8.11. The number of rotatable bonds is 7. The van der Waals surface area contributed by atoms with Crippen LogP contribution in [0, 0.1) is 0 Å². The van der Waals surface area contributed by atoms with E-state index in [0.717, 1.165) is 10.0 Å². The van der Waals surface area contributed by atoms with Crippen molar-refractivity contribution in [1.29, 1.82) is 0 Å². The van der Waals surface area contributed by atoms with Crippen LogP contribution in [0.3, 0.4) is 0 Å². The normalized spacial score (nSPS) is 10.2. The fourth-order valence-electron chi connectivity index (χ4n) is 1.63. The summed E-state index contributed by atoms with van der Waals surface area (Å²) < 4.78 is 11.7. The maximum Gasteiger partial charge on any atom is 0.236 e. The highest BCUT2D eigenvalue weighted by molar-refractivity contribution is 9.10. The number of nitrogens with zero attached hydrogens (tertiary/aromatic N) is 1. The van der Waals surface area contributed by atoms with E-state index in [2.05, 4.69) is 21.2 Å². The van der Waals surface area contributed by atoms with Gasteiger partial charge in [-0.3, -0.25) is 4.79 Å². The molecule has 112 valence electrons. The maximum absolute atomic E-state index is 11.5. The third-order valence-electron chi connectivity index (χ3n) is 2.68. The number of hydrogen-bond donors (Lipinski definition) is 1. The van der Waals surface area contributed by atoms with Crippen molar-refractivity contribution in [2.45, 2.75) is 13.5 Å². The van der Waals surface area contributed by atoms with Crippen LogP contribution in [-0.2, 0) is 11.3 Å². The van der Waals surface area contributed by atoms with Gasteiger partial charge in [-0.1, -0.05) is 0 Å². The largest absolute Gasteiger partial charge is 0.493 e. The Morgan fingerprint density at radius 3 is 2.65 bits per heavy atom. The molecule has 0 radical (unpaired) electrons. The SMILES string of the molecule is CCOc1c(Br)cc(CNCC(=O)N(C)C)cc1OC. The second-order valence-electron chi connectivity index (χ2n) is 4.43. The molecule has 0 fully saturated rings. The molecule has 0 saturated heterocycles. The number of halogens is 1. The number of likely N-dealkylation sites (N-methyl/N-ethyl adjacent to an activating group) is 1. The highest BCUT2D eigenvalue weighted by Gasteiger charge is 2.11. The molecule has 0 aliphatic rings. The number of carbonyl (C=O) groups excluding carboxylic acids is 1. The van der Waals surface area contributed by atoms with E-state index >= 15 is 0 Å². The third kappa shape index (κ3) is 4.68. The van der Waals surface area contributed by atoms with E-state index in [0.29, 0.717) is 31.2 Å². The van der Waals surface area contributed by atoms with Crippen LogP contribution in [0.2, 0.25) is 0 Å². The summed E-state index contributed by atoms with van der Waals surface area (Å²) in [5.41, 5.74) is 1.02. The first-order valence-corrected chi connectivity index (χ1v) is 7.19. The van der Waals surface area contributed by atoms with E-state index in [-0.39, 0.29) is 5.91 Å². The quantitative estimate of drug-likeness (QED) is 0.822. The number of amides is 1. The minimum Gasteiger partial charge on any atom is -0.493 e. The lowest BCUT2D eigenvalue weighted by molar-refractivity contribution is -0.127. The van der Waals surface area contributed by atoms with E-state index in [1.54, 1.807) is 26.1 Å². The Kier molecular flexibility index (Phi) is 6.81. The Morgan fingerprint density at radius 2 is 2.10 bits per heavy atom. The van der Waals surface area contributed by atoms with Gasteiger partial charge in [0.1, 0.15) is 0 Å². The predicted octanol–water partition coefficient (Wildman–Crippen LogP) is 2.03. The Morgan fingerprint density at radius 1 is 1.40 bits per heavy atom. The zero-order chi connectivity index (χ0) is 15.1. The van der Waals surface area contributed by atoms with Crippen molar-refractivity contribution in [1.82, 2.24) is 10.2 Å². The molecule has 1 aromatic rings. The van der Waals surface area contributed by atoms with E-state index in [9.17, 15) is 4.79 Å². The maximum atomic E-state index is 11.5. The Bertz CT molecular complexity index is 464. The molecular formula is C14H21BrN2O3. The van der Waals surface area contributed by atoms with E-state index in [4.69, 9.17) is 9.47 Å². The molecule has 20 heavy (non-hydrogen) atoms. The van der Waals surface area contributed by atoms with Gasteiger partial charge in [0.2, 0.25) is 5.91 Å². The first-order valence-electron chi connectivity index (χ1n) is 6.39. The molecule has 0 bridgehead atoms. The summed E-state index contributed by atoms with van der Waals surface area (Å²) in [5, 5.41) is 3.10. The molecule has 0 atom stereocenters. The van der Waals surface area contributed by atoms with Crippen LogP contribution in [0.4, 0.5) is 0 Å². The molecule has 1 amide bonds. The van der Waals surface area contributed by atoms with Crippen LogP contribution in [0.15, 0.2) is 16.6 Å². The number of carbonyl (C=O) groups is 1. The third-order valence-corrected chi connectivity index (χ3v) is 3.27. The number of nitrogens with one attached hydrogen (secondary N) is 1. The van der Waals surface area contributed by atoms with Crippen molar-refractivity contribution in [3.63, 3.8) is 0 Å². The highest BCUT2D eigenvalue weighted by atomic mass is 79.9. The number of benzene rings is 1. The van der Waals surface area contributed by atoms with Crippen molar-refractivity contribution in [3.8, 4) is 11.5 Å². The molecule has 0 unspecified atom stereocenters. The minimum atomic E-state index is 0.0435. The topological polar surface area (TPSA) is 50.8 Å². The highest BCUT2D eigenvalue weighted by Crippen LogP contribution is 2.36. The van der Waals surface area contributed by atoms with Gasteiger partial charge in [0.25, 0.3) is 0 Å². The second-order valence-corrected chi connectivity index (χ2v) is 5.29. The van der Waals surface area contributed by atoms with Crippen LogP contribution in [-0.4, -0.2) is 45.2 Å². The van der Waals surface area contributed by atoms with Crippen molar-refractivity contribution < 1.29 is 14.3 Å². The lowest BCUT2D eigenvalue weighted by atomic mass is 10.2. The number of methoxy groups -OCH3 is 1. The molecule has 0 heterocycles. The van der Waals surface area contributed by atoms with Gasteiger partial charge in [-0.15, -0.1) is 0 Å². The molecule has 0 aliphatic heterocycles. The summed E-state index contributed by atoms with van der Waals surface area (Å²) in [6.07, 6.45) is 0. The van der Waals surface area contributed by atoms with Crippen LogP contribution >= 0.6 is 15.9 Å². The molecule has 1 N–H and O–H groups in total. The molecule has 1 aromatic carbocycles. The number of hydrogen-bond acceptors (Lipinski definition) is 4. The molecule has 0 saturated carbocycles. The summed E-state index contributed by atoms with van der Waals surface area (Å²) in [4.78, 5) is 13.0. The van der Waals surface area contributed by atoms with Gasteiger partial charge in [0.05, 0.1) is 24.7 Å². The van der Waals surface area contributed by atoms with Crippen molar-refractivity contribution >= 4 is 21.8 Å².